The highest BCUT2D eigenvalue weighted by molar-refractivity contribution is 6.19. The molecule has 0 saturated heterocycles. The summed E-state index contributed by atoms with van der Waals surface area (Å²) in [6.45, 7) is 0. The van der Waals surface area contributed by atoms with E-state index >= 15 is 0 Å². The van der Waals surface area contributed by atoms with Crippen molar-refractivity contribution in [1.29, 1.82) is 0 Å². The molecule has 0 aliphatic heterocycles. The predicted molar refractivity (Wildman–Crippen MR) is 264 cm³/mol. The van der Waals surface area contributed by atoms with Crippen molar-refractivity contribution in [2.45, 2.75) is 0 Å². The largest absolute Gasteiger partial charge is 0.310 e. The maximum Gasteiger partial charge on any atom is 0.0547 e. The zero-order chi connectivity index (χ0) is 41.0. The van der Waals surface area contributed by atoms with Crippen LogP contribution >= 0.6 is 0 Å². The lowest BCUT2D eigenvalue weighted by atomic mass is 9.96. The molecule has 0 saturated carbocycles. The smallest absolute Gasteiger partial charge is 0.0547 e. The Kier molecular flexibility index (Phi) is 8.53. The number of benzene rings is 11. The van der Waals surface area contributed by atoms with Gasteiger partial charge in [-0.15, -0.1) is 0 Å². The number of aromatic nitrogens is 1. The average Bonchev–Trinajstić information content (AvgIpc) is 3.67. The van der Waals surface area contributed by atoms with Crippen LogP contribution in [0, 0.1) is 0 Å². The minimum Gasteiger partial charge on any atom is -0.310 e. The Labute approximate surface area is 360 Å². The van der Waals surface area contributed by atoms with Crippen LogP contribution in [0.5, 0.6) is 0 Å². The van der Waals surface area contributed by atoms with E-state index < -0.39 is 0 Å². The first-order chi connectivity index (χ1) is 30.7. The quantitative estimate of drug-likeness (QED) is 0.146. The van der Waals surface area contributed by atoms with E-state index in [2.05, 4.69) is 252 Å². The van der Waals surface area contributed by atoms with E-state index in [0.29, 0.717) is 0 Å². The topological polar surface area (TPSA) is 8.17 Å². The average molecular weight is 789 g/mol. The first-order valence-electron chi connectivity index (χ1n) is 21.3. The van der Waals surface area contributed by atoms with Gasteiger partial charge in [-0.25, -0.2) is 0 Å². The third-order valence-corrected chi connectivity index (χ3v) is 12.5. The van der Waals surface area contributed by atoms with E-state index in [9.17, 15) is 0 Å². The predicted octanol–water partition coefficient (Wildman–Crippen LogP) is 16.7. The van der Waals surface area contributed by atoms with Crippen molar-refractivity contribution in [2.75, 3.05) is 4.90 Å². The summed E-state index contributed by atoms with van der Waals surface area (Å²) >= 11 is 0. The fourth-order valence-corrected chi connectivity index (χ4v) is 9.62. The van der Waals surface area contributed by atoms with Crippen LogP contribution in [0.1, 0.15) is 0 Å². The van der Waals surface area contributed by atoms with Crippen LogP contribution in [0.3, 0.4) is 0 Å². The second kappa shape index (κ2) is 14.8. The van der Waals surface area contributed by atoms with Gasteiger partial charge in [0.25, 0.3) is 0 Å². The van der Waals surface area contributed by atoms with E-state index in [-0.39, 0.29) is 0 Å². The van der Waals surface area contributed by atoms with E-state index in [0.717, 1.165) is 28.3 Å². The standard InChI is InChI=1S/C60H40N2/c1-3-16-41(17-4-1)43-21-13-22-44(36-43)42-32-34-50(35-33-42)61(58-40-48-20-9-10-27-52(48)54-28-11-12-29-55(54)58)51-26-14-23-47(37-51)53-30-15-31-57-60(53)56-38-45-18-7-8-19-46(45)39-59(56)62(57)49-24-5-2-6-25-49/h1-40H. The summed E-state index contributed by atoms with van der Waals surface area (Å²) in [6, 6.07) is 88.6. The van der Waals surface area contributed by atoms with Gasteiger partial charge in [0.15, 0.2) is 0 Å². The Morgan fingerprint density at radius 2 is 0.871 bits per heavy atom. The van der Waals surface area contributed by atoms with Crippen LogP contribution in [-0.4, -0.2) is 4.57 Å². The second-order valence-electron chi connectivity index (χ2n) is 16.1. The zero-order valence-corrected chi connectivity index (χ0v) is 34.0. The van der Waals surface area contributed by atoms with Gasteiger partial charge >= 0.3 is 0 Å². The summed E-state index contributed by atoms with van der Waals surface area (Å²) in [4.78, 5) is 2.45. The van der Waals surface area contributed by atoms with Crippen molar-refractivity contribution >= 4 is 71.2 Å². The molecular formula is C60H40N2. The number of fused-ring (bicyclic) bond motifs is 7. The molecule has 2 heteroatoms. The summed E-state index contributed by atoms with van der Waals surface area (Å²) < 4.78 is 2.43. The van der Waals surface area contributed by atoms with Gasteiger partial charge in [0.05, 0.1) is 16.7 Å². The van der Waals surface area contributed by atoms with E-state index in [1.165, 1.54) is 81.9 Å². The monoisotopic (exact) mass is 788 g/mol. The van der Waals surface area contributed by atoms with Crippen LogP contribution < -0.4 is 4.90 Å². The molecule has 0 N–H and O–H groups in total. The molecule has 290 valence electrons. The first kappa shape index (κ1) is 35.7. The Bertz CT molecular complexity index is 3620. The fourth-order valence-electron chi connectivity index (χ4n) is 9.62. The van der Waals surface area contributed by atoms with Gasteiger partial charge in [-0.05, 0) is 127 Å². The molecule has 1 aromatic heterocycles. The number of nitrogens with zero attached hydrogens (tertiary/aromatic N) is 2. The molecule has 2 nitrogen and oxygen atoms in total. The van der Waals surface area contributed by atoms with Crippen molar-refractivity contribution in [3.63, 3.8) is 0 Å². The molecule has 1 heterocycles. The Morgan fingerprint density at radius 1 is 0.290 bits per heavy atom. The van der Waals surface area contributed by atoms with Gasteiger partial charge in [0, 0.05) is 33.2 Å². The van der Waals surface area contributed by atoms with Crippen LogP contribution in [-0.2, 0) is 0 Å². The maximum absolute atomic E-state index is 2.45. The summed E-state index contributed by atoms with van der Waals surface area (Å²) in [5, 5.41) is 9.87. The normalized spacial score (nSPS) is 11.5. The van der Waals surface area contributed by atoms with Gasteiger partial charge in [0.1, 0.15) is 0 Å². The van der Waals surface area contributed by atoms with E-state index in [1.54, 1.807) is 0 Å². The molecule has 0 amide bonds. The summed E-state index contributed by atoms with van der Waals surface area (Å²) in [5.41, 5.74) is 14.0. The van der Waals surface area contributed by atoms with Crippen molar-refractivity contribution in [1.82, 2.24) is 4.57 Å². The lowest BCUT2D eigenvalue weighted by Crippen LogP contribution is -2.11. The van der Waals surface area contributed by atoms with Crippen LogP contribution in [0.2, 0.25) is 0 Å². The Balaban J connectivity index is 1.06. The van der Waals surface area contributed by atoms with E-state index in [1.807, 2.05) is 0 Å². The van der Waals surface area contributed by atoms with Gasteiger partial charge in [-0.1, -0.05) is 176 Å². The van der Waals surface area contributed by atoms with Crippen LogP contribution in [0.15, 0.2) is 243 Å². The third kappa shape index (κ3) is 6.04. The Hall–Kier alpha value is -8.20. The van der Waals surface area contributed by atoms with Gasteiger partial charge < -0.3 is 9.47 Å². The highest BCUT2D eigenvalue weighted by Gasteiger charge is 2.21. The highest BCUT2D eigenvalue weighted by Crippen LogP contribution is 2.45. The number of hydrogen-bond acceptors (Lipinski definition) is 1. The molecule has 0 aliphatic rings. The number of rotatable bonds is 7. The molecular weight excluding hydrogens is 749 g/mol. The van der Waals surface area contributed by atoms with Crippen molar-refractivity contribution in [3.8, 4) is 39.1 Å². The molecule has 0 spiro atoms. The first-order valence-corrected chi connectivity index (χ1v) is 21.3. The minimum absolute atomic E-state index is 1.09. The molecule has 0 bridgehead atoms. The van der Waals surface area contributed by atoms with Gasteiger partial charge in [-0.3, -0.25) is 0 Å². The van der Waals surface area contributed by atoms with Gasteiger partial charge in [0.2, 0.25) is 0 Å². The lowest BCUT2D eigenvalue weighted by molar-refractivity contribution is 1.18. The van der Waals surface area contributed by atoms with Crippen molar-refractivity contribution in [3.05, 3.63) is 243 Å². The zero-order valence-electron chi connectivity index (χ0n) is 34.0. The maximum atomic E-state index is 2.45. The number of anilines is 3. The molecule has 12 aromatic rings. The van der Waals surface area contributed by atoms with Crippen LogP contribution in [0.4, 0.5) is 17.1 Å². The SMILES string of the molecule is c1ccc(-c2cccc(-c3ccc(N(c4cccc(-c5cccc6c5c5cc7ccccc7cc5n6-c5ccccc5)c4)c4cc5ccccc5c5ccccc45)cc3)c2)cc1. The lowest BCUT2D eigenvalue weighted by Gasteiger charge is -2.28. The molecule has 11 aromatic carbocycles. The van der Waals surface area contributed by atoms with Crippen molar-refractivity contribution < 1.29 is 0 Å². The van der Waals surface area contributed by atoms with Gasteiger partial charge in [-0.2, -0.15) is 0 Å². The highest BCUT2D eigenvalue weighted by atomic mass is 15.1. The molecule has 12 rings (SSSR count). The molecule has 62 heavy (non-hydrogen) atoms. The second-order valence-corrected chi connectivity index (χ2v) is 16.1. The van der Waals surface area contributed by atoms with E-state index in [4.69, 9.17) is 0 Å². The molecule has 0 fully saturated rings. The summed E-state index contributed by atoms with van der Waals surface area (Å²) in [5.74, 6) is 0. The fraction of sp³-hybridized carbons (Fsp3) is 0. The summed E-state index contributed by atoms with van der Waals surface area (Å²) in [7, 11) is 0. The third-order valence-electron chi connectivity index (χ3n) is 12.5. The number of para-hydroxylation sites is 1. The number of hydrogen-bond donors (Lipinski definition) is 0. The summed E-state index contributed by atoms with van der Waals surface area (Å²) in [6.07, 6.45) is 0. The molecule has 0 unspecified atom stereocenters. The Morgan fingerprint density at radius 3 is 1.65 bits per heavy atom. The molecule has 0 atom stereocenters. The van der Waals surface area contributed by atoms with Crippen molar-refractivity contribution in [2.24, 2.45) is 0 Å². The minimum atomic E-state index is 1.09. The molecule has 0 radical (unpaired) electrons. The van der Waals surface area contributed by atoms with Crippen LogP contribution in [0.25, 0.3) is 93.2 Å². The molecule has 0 aliphatic carbocycles.